The molecule has 24 heavy (non-hydrogen) atoms. The van der Waals surface area contributed by atoms with Crippen LogP contribution in [0.4, 0.5) is 4.79 Å². The largest absolute Gasteiger partial charge is 0.465 e. The monoisotopic (exact) mass is 368 g/mol. The zero-order valence-corrected chi connectivity index (χ0v) is 14.8. The molecule has 0 atom stereocenters. The van der Waals surface area contributed by atoms with Crippen molar-refractivity contribution in [3.05, 3.63) is 0 Å². The Bertz CT molecular complexity index is 320. The minimum atomic E-state index is -1.12. The van der Waals surface area contributed by atoms with Crippen LogP contribution in [0.15, 0.2) is 0 Å². The van der Waals surface area contributed by atoms with Crippen LogP contribution in [-0.2, 0) is 19.0 Å². The van der Waals surface area contributed by atoms with Crippen molar-refractivity contribution >= 4 is 23.6 Å². The van der Waals surface area contributed by atoms with Crippen molar-refractivity contribution in [2.45, 2.75) is 25.7 Å². The lowest BCUT2D eigenvalue weighted by Gasteiger charge is -2.08. The molecule has 0 saturated heterocycles. The second-order valence-corrected chi connectivity index (χ2v) is 5.34. The Hall–Kier alpha value is -1.09. The summed E-state index contributed by atoms with van der Waals surface area (Å²) in [5.74, 6) is 0.460. The Morgan fingerprint density at radius 1 is 0.792 bits per heavy atom. The molecule has 0 aromatic heterocycles. The van der Waals surface area contributed by atoms with Crippen LogP contribution in [0.5, 0.6) is 0 Å². The molecule has 0 radical (unpaired) electrons. The molecule has 2 amide bonds. The second-order valence-electron chi connectivity index (χ2n) is 4.96. The fraction of sp³-hybridized carbons (Fsp3) is 0.867. The SMILES string of the molecule is O=C(O)NCCOCC(=O)NCCOCCOCCCCCCCl. The van der Waals surface area contributed by atoms with Crippen molar-refractivity contribution in [2.75, 3.05) is 58.6 Å². The van der Waals surface area contributed by atoms with Gasteiger partial charge in [0.15, 0.2) is 0 Å². The fourth-order valence-electron chi connectivity index (χ4n) is 1.68. The van der Waals surface area contributed by atoms with E-state index < -0.39 is 6.09 Å². The number of ether oxygens (including phenoxy) is 3. The van der Waals surface area contributed by atoms with E-state index in [2.05, 4.69) is 10.6 Å². The Morgan fingerprint density at radius 2 is 1.42 bits per heavy atom. The summed E-state index contributed by atoms with van der Waals surface area (Å²) in [5.41, 5.74) is 0. The highest BCUT2D eigenvalue weighted by molar-refractivity contribution is 6.17. The van der Waals surface area contributed by atoms with E-state index in [9.17, 15) is 9.59 Å². The molecule has 0 unspecified atom stereocenters. The molecular weight excluding hydrogens is 340 g/mol. The van der Waals surface area contributed by atoms with Crippen molar-refractivity contribution in [3.8, 4) is 0 Å². The van der Waals surface area contributed by atoms with Gasteiger partial charge in [-0.15, -0.1) is 11.6 Å². The van der Waals surface area contributed by atoms with Gasteiger partial charge in [-0.2, -0.15) is 0 Å². The number of rotatable bonds is 17. The summed E-state index contributed by atoms with van der Waals surface area (Å²) in [6.45, 7) is 2.78. The standard InChI is InChI=1S/C15H29ClN2O6/c16-5-3-1-2-4-8-22-11-12-23-9-6-17-14(19)13-24-10-7-18-15(20)21/h18H,1-13H2,(H,17,19)(H,20,21). The smallest absolute Gasteiger partial charge is 0.404 e. The summed E-state index contributed by atoms with van der Waals surface area (Å²) in [5, 5.41) is 13.1. The predicted octanol–water partition coefficient (Wildman–Crippen LogP) is 1.22. The number of hydrogen-bond acceptors (Lipinski definition) is 5. The van der Waals surface area contributed by atoms with Gasteiger partial charge in [0.2, 0.25) is 5.91 Å². The molecular formula is C15H29ClN2O6. The first-order chi connectivity index (χ1) is 11.7. The average Bonchev–Trinajstić information content (AvgIpc) is 2.55. The lowest BCUT2D eigenvalue weighted by atomic mass is 10.2. The Labute approximate surface area is 148 Å². The van der Waals surface area contributed by atoms with Crippen LogP contribution in [0.3, 0.4) is 0 Å². The van der Waals surface area contributed by atoms with E-state index in [1.165, 1.54) is 0 Å². The molecule has 0 spiro atoms. The van der Waals surface area contributed by atoms with Gasteiger partial charge in [-0.05, 0) is 12.8 Å². The number of hydrogen-bond donors (Lipinski definition) is 3. The van der Waals surface area contributed by atoms with Crippen molar-refractivity contribution in [1.29, 1.82) is 0 Å². The first-order valence-corrected chi connectivity index (χ1v) is 8.73. The van der Waals surface area contributed by atoms with Crippen molar-refractivity contribution in [1.82, 2.24) is 10.6 Å². The highest BCUT2D eigenvalue weighted by Gasteiger charge is 2.01. The number of unbranched alkanes of at least 4 members (excludes halogenated alkanes) is 3. The number of carbonyl (C=O) groups is 2. The lowest BCUT2D eigenvalue weighted by molar-refractivity contribution is -0.125. The van der Waals surface area contributed by atoms with Crippen LogP contribution >= 0.6 is 11.6 Å². The van der Waals surface area contributed by atoms with E-state index in [0.717, 1.165) is 38.2 Å². The highest BCUT2D eigenvalue weighted by Crippen LogP contribution is 2.00. The molecule has 0 aliphatic heterocycles. The maximum atomic E-state index is 11.4. The summed E-state index contributed by atoms with van der Waals surface area (Å²) < 4.78 is 15.7. The average molecular weight is 369 g/mol. The Kier molecular flexibility index (Phi) is 17.4. The summed E-state index contributed by atoms with van der Waals surface area (Å²) in [7, 11) is 0. The van der Waals surface area contributed by atoms with E-state index >= 15 is 0 Å². The number of halogens is 1. The number of carbonyl (C=O) groups excluding carboxylic acids is 1. The van der Waals surface area contributed by atoms with Gasteiger partial charge in [0.25, 0.3) is 0 Å². The van der Waals surface area contributed by atoms with E-state index in [0.29, 0.717) is 26.4 Å². The summed E-state index contributed by atoms with van der Waals surface area (Å²) in [6.07, 6.45) is 3.25. The molecule has 9 heteroatoms. The van der Waals surface area contributed by atoms with Crippen molar-refractivity contribution in [2.24, 2.45) is 0 Å². The van der Waals surface area contributed by atoms with E-state index in [-0.39, 0.29) is 25.7 Å². The van der Waals surface area contributed by atoms with Gasteiger partial charge in [0.1, 0.15) is 6.61 Å². The third-order valence-corrected chi connectivity index (χ3v) is 3.14. The van der Waals surface area contributed by atoms with Crippen LogP contribution in [0.1, 0.15) is 25.7 Å². The maximum Gasteiger partial charge on any atom is 0.404 e. The van der Waals surface area contributed by atoms with Crippen molar-refractivity contribution in [3.63, 3.8) is 0 Å². The Balaban J connectivity index is 3.15. The summed E-state index contributed by atoms with van der Waals surface area (Å²) in [4.78, 5) is 21.5. The molecule has 0 aromatic rings. The van der Waals surface area contributed by atoms with Crippen molar-refractivity contribution < 1.29 is 28.9 Å². The first kappa shape index (κ1) is 22.9. The van der Waals surface area contributed by atoms with Crippen LogP contribution in [0.2, 0.25) is 0 Å². The number of alkyl halides is 1. The van der Waals surface area contributed by atoms with Gasteiger partial charge in [0, 0.05) is 25.6 Å². The van der Waals surface area contributed by atoms with Gasteiger partial charge < -0.3 is 30.0 Å². The van der Waals surface area contributed by atoms with Crippen LogP contribution < -0.4 is 10.6 Å². The highest BCUT2D eigenvalue weighted by atomic mass is 35.5. The van der Waals surface area contributed by atoms with Gasteiger partial charge >= 0.3 is 6.09 Å². The van der Waals surface area contributed by atoms with Gasteiger partial charge in [-0.25, -0.2) is 4.79 Å². The number of nitrogens with one attached hydrogen (secondary N) is 2. The molecule has 8 nitrogen and oxygen atoms in total. The predicted molar refractivity (Wildman–Crippen MR) is 90.7 cm³/mol. The molecule has 0 aliphatic rings. The van der Waals surface area contributed by atoms with E-state index in [1.54, 1.807) is 0 Å². The zero-order chi connectivity index (χ0) is 17.9. The molecule has 0 fully saturated rings. The molecule has 0 rings (SSSR count). The van der Waals surface area contributed by atoms with E-state index in [1.807, 2.05) is 0 Å². The Morgan fingerprint density at radius 3 is 2.12 bits per heavy atom. The zero-order valence-electron chi connectivity index (χ0n) is 14.1. The second kappa shape index (κ2) is 18.3. The van der Waals surface area contributed by atoms with Gasteiger partial charge in [-0.1, -0.05) is 12.8 Å². The van der Waals surface area contributed by atoms with Crippen LogP contribution in [0, 0.1) is 0 Å². The molecule has 0 saturated carbocycles. The molecule has 0 aliphatic carbocycles. The van der Waals surface area contributed by atoms with Crippen LogP contribution in [-0.4, -0.2) is 75.7 Å². The number of carboxylic acid groups (broad SMARTS) is 1. The fourth-order valence-corrected chi connectivity index (χ4v) is 1.87. The van der Waals surface area contributed by atoms with Gasteiger partial charge in [-0.3, -0.25) is 4.79 Å². The minimum absolute atomic E-state index is 0.103. The molecule has 0 bridgehead atoms. The third kappa shape index (κ3) is 19.0. The minimum Gasteiger partial charge on any atom is -0.465 e. The van der Waals surface area contributed by atoms with Gasteiger partial charge in [0.05, 0.1) is 26.4 Å². The number of amides is 2. The third-order valence-electron chi connectivity index (χ3n) is 2.87. The first-order valence-electron chi connectivity index (χ1n) is 8.19. The van der Waals surface area contributed by atoms with E-state index in [4.69, 9.17) is 30.9 Å². The molecule has 0 aromatic carbocycles. The summed E-state index contributed by atoms with van der Waals surface area (Å²) in [6, 6.07) is 0. The molecule has 142 valence electrons. The maximum absolute atomic E-state index is 11.4. The van der Waals surface area contributed by atoms with Crippen LogP contribution in [0.25, 0.3) is 0 Å². The molecule has 0 heterocycles. The summed E-state index contributed by atoms with van der Waals surface area (Å²) >= 11 is 5.59. The molecule has 3 N–H and O–H groups in total. The normalized spacial score (nSPS) is 10.5. The topological polar surface area (TPSA) is 106 Å². The lowest BCUT2D eigenvalue weighted by Crippen LogP contribution is -2.32. The quantitative estimate of drug-likeness (QED) is 0.263.